The van der Waals surface area contributed by atoms with Crippen LogP contribution in [0.25, 0.3) is 11.4 Å². The van der Waals surface area contributed by atoms with Gasteiger partial charge >= 0.3 is 0 Å². The van der Waals surface area contributed by atoms with E-state index in [1.165, 1.54) is 16.7 Å². The number of nitrogens with one attached hydrogen (secondary N) is 1. The second-order valence-corrected chi connectivity index (χ2v) is 9.79. The Morgan fingerprint density at radius 3 is 1.97 bits per heavy atom. The molecule has 3 aromatic carbocycles. The van der Waals surface area contributed by atoms with Gasteiger partial charge in [0.2, 0.25) is 0 Å². The summed E-state index contributed by atoms with van der Waals surface area (Å²) < 4.78 is 11.1. The maximum Gasteiger partial charge on any atom is 0.137 e. The largest absolute Gasteiger partial charge is 0.497 e. The lowest BCUT2D eigenvalue weighted by Gasteiger charge is -2.39. The van der Waals surface area contributed by atoms with Gasteiger partial charge in [-0.3, -0.25) is 9.80 Å². The van der Waals surface area contributed by atoms with Crippen molar-refractivity contribution >= 4 is 0 Å². The molecule has 0 radical (unpaired) electrons. The average molecular weight is 497 g/mol. The van der Waals surface area contributed by atoms with E-state index < -0.39 is 0 Å². The second-order valence-electron chi connectivity index (χ2n) is 9.79. The molecule has 6 heteroatoms. The molecule has 192 valence electrons. The van der Waals surface area contributed by atoms with Gasteiger partial charge in [0.15, 0.2) is 0 Å². The fourth-order valence-corrected chi connectivity index (χ4v) is 5.13. The average Bonchev–Trinajstić information content (AvgIpc) is 3.30. The van der Waals surface area contributed by atoms with Crippen LogP contribution in [-0.2, 0) is 6.54 Å². The van der Waals surface area contributed by atoms with Crippen molar-refractivity contribution in [2.45, 2.75) is 26.4 Å². The number of aromatic amines is 1. The van der Waals surface area contributed by atoms with Crippen molar-refractivity contribution in [1.29, 1.82) is 0 Å². The highest BCUT2D eigenvalue weighted by molar-refractivity contribution is 5.56. The van der Waals surface area contributed by atoms with E-state index >= 15 is 0 Å². The zero-order valence-corrected chi connectivity index (χ0v) is 22.2. The Morgan fingerprint density at radius 2 is 1.41 bits per heavy atom. The quantitative estimate of drug-likeness (QED) is 0.343. The first-order valence-corrected chi connectivity index (χ1v) is 12.9. The summed E-state index contributed by atoms with van der Waals surface area (Å²) in [5.74, 6) is 2.70. The minimum Gasteiger partial charge on any atom is -0.497 e. The minimum absolute atomic E-state index is 0.132. The van der Waals surface area contributed by atoms with Gasteiger partial charge in [-0.15, -0.1) is 0 Å². The number of piperazine rings is 1. The fourth-order valence-electron chi connectivity index (χ4n) is 5.13. The lowest BCUT2D eigenvalue weighted by molar-refractivity contribution is 0.104. The van der Waals surface area contributed by atoms with Crippen LogP contribution in [0.2, 0.25) is 0 Å². The fraction of sp³-hybridized carbons (Fsp3) is 0.323. The van der Waals surface area contributed by atoms with E-state index in [-0.39, 0.29) is 6.04 Å². The molecule has 0 bridgehead atoms. The van der Waals surface area contributed by atoms with Crippen molar-refractivity contribution in [3.8, 4) is 22.9 Å². The lowest BCUT2D eigenvalue weighted by Crippen LogP contribution is -2.47. The van der Waals surface area contributed by atoms with Crippen molar-refractivity contribution in [3.63, 3.8) is 0 Å². The Bertz CT molecular complexity index is 1280. The van der Waals surface area contributed by atoms with Crippen LogP contribution in [0.4, 0.5) is 0 Å². The van der Waals surface area contributed by atoms with Gasteiger partial charge in [-0.25, -0.2) is 4.98 Å². The van der Waals surface area contributed by atoms with E-state index in [0.717, 1.165) is 67.0 Å². The molecule has 0 amide bonds. The van der Waals surface area contributed by atoms with Crippen LogP contribution in [0.3, 0.4) is 0 Å². The number of nitrogens with zero attached hydrogens (tertiary/aromatic N) is 3. The number of rotatable bonds is 8. The zero-order chi connectivity index (χ0) is 25.8. The number of aromatic nitrogens is 2. The highest BCUT2D eigenvalue weighted by atomic mass is 16.5. The van der Waals surface area contributed by atoms with E-state index in [2.05, 4.69) is 89.3 Å². The van der Waals surface area contributed by atoms with Crippen LogP contribution in [0.1, 0.15) is 34.1 Å². The molecule has 0 aliphatic carbocycles. The Balaban J connectivity index is 1.32. The second kappa shape index (κ2) is 11.2. The normalized spacial score (nSPS) is 14.7. The van der Waals surface area contributed by atoms with Crippen molar-refractivity contribution in [1.82, 2.24) is 19.8 Å². The first kappa shape index (κ1) is 25.1. The first-order valence-electron chi connectivity index (χ1n) is 12.9. The summed E-state index contributed by atoms with van der Waals surface area (Å²) in [6.45, 7) is 8.98. The third-order valence-corrected chi connectivity index (χ3v) is 7.28. The van der Waals surface area contributed by atoms with E-state index in [0.29, 0.717) is 0 Å². The van der Waals surface area contributed by atoms with Gasteiger partial charge in [0, 0.05) is 44.0 Å². The number of ether oxygens (including phenoxy) is 2. The number of imidazole rings is 1. The van der Waals surface area contributed by atoms with Gasteiger partial charge in [0.25, 0.3) is 0 Å². The summed E-state index contributed by atoms with van der Waals surface area (Å²) in [6.07, 6.45) is 0. The molecule has 1 saturated heterocycles. The molecular formula is C31H36N4O2. The maximum atomic E-state index is 5.55. The molecule has 2 heterocycles. The van der Waals surface area contributed by atoms with Crippen LogP contribution in [0, 0.1) is 13.8 Å². The highest BCUT2D eigenvalue weighted by Gasteiger charge is 2.27. The van der Waals surface area contributed by atoms with Crippen molar-refractivity contribution in [2.24, 2.45) is 0 Å². The number of methoxy groups -OCH3 is 2. The molecule has 1 N–H and O–H groups in total. The summed E-state index contributed by atoms with van der Waals surface area (Å²) in [5.41, 5.74) is 7.11. The summed E-state index contributed by atoms with van der Waals surface area (Å²) in [5, 5.41) is 0. The molecule has 1 fully saturated rings. The van der Waals surface area contributed by atoms with Crippen molar-refractivity contribution in [3.05, 3.63) is 101 Å². The van der Waals surface area contributed by atoms with Crippen LogP contribution < -0.4 is 9.47 Å². The molecule has 4 aromatic rings. The third-order valence-electron chi connectivity index (χ3n) is 7.28. The summed E-state index contributed by atoms with van der Waals surface area (Å²) in [6, 6.07) is 25.5. The molecule has 5 rings (SSSR count). The van der Waals surface area contributed by atoms with Gasteiger partial charge in [-0.05, 0) is 49.2 Å². The van der Waals surface area contributed by atoms with E-state index in [9.17, 15) is 0 Å². The summed E-state index contributed by atoms with van der Waals surface area (Å²) in [7, 11) is 3.44. The van der Waals surface area contributed by atoms with Gasteiger partial charge < -0.3 is 14.5 Å². The standard InChI is InChI=1S/C31H36N4O2/c1-22-11-13-24(14-12-22)31-32-23(2)29(33-31)21-34-15-17-35(18-16-34)30(25-7-5-9-27(19-25)36-3)26-8-6-10-28(20-26)37-4/h5-14,19-20,30H,15-18,21H2,1-4H3,(H,32,33). The highest BCUT2D eigenvalue weighted by Crippen LogP contribution is 2.33. The van der Waals surface area contributed by atoms with Gasteiger partial charge in [-0.2, -0.15) is 0 Å². The van der Waals surface area contributed by atoms with Crippen LogP contribution >= 0.6 is 0 Å². The van der Waals surface area contributed by atoms with Crippen LogP contribution in [0.5, 0.6) is 11.5 Å². The minimum atomic E-state index is 0.132. The summed E-state index contributed by atoms with van der Waals surface area (Å²) >= 11 is 0. The topological polar surface area (TPSA) is 53.6 Å². The number of H-pyrrole nitrogens is 1. The molecule has 0 atom stereocenters. The molecule has 1 aromatic heterocycles. The Kier molecular flexibility index (Phi) is 7.58. The SMILES string of the molecule is COc1cccc(C(c2cccc(OC)c2)N2CCN(Cc3nc(-c4ccc(C)cc4)[nH]c3C)CC2)c1. The van der Waals surface area contributed by atoms with Crippen LogP contribution in [0.15, 0.2) is 72.8 Å². The van der Waals surface area contributed by atoms with Gasteiger partial charge in [0.1, 0.15) is 17.3 Å². The predicted octanol–water partition coefficient (Wildman–Crippen LogP) is 5.62. The molecule has 0 spiro atoms. The van der Waals surface area contributed by atoms with Gasteiger partial charge in [0.05, 0.1) is 26.0 Å². The number of hydrogen-bond donors (Lipinski definition) is 1. The van der Waals surface area contributed by atoms with Crippen molar-refractivity contribution < 1.29 is 9.47 Å². The molecule has 6 nitrogen and oxygen atoms in total. The Labute approximate surface area is 219 Å². The van der Waals surface area contributed by atoms with Crippen molar-refractivity contribution in [2.75, 3.05) is 40.4 Å². The number of hydrogen-bond acceptors (Lipinski definition) is 5. The molecular weight excluding hydrogens is 460 g/mol. The predicted molar refractivity (Wildman–Crippen MR) is 148 cm³/mol. The number of aryl methyl sites for hydroxylation is 2. The third kappa shape index (κ3) is 5.71. The Hall–Kier alpha value is -3.61. The zero-order valence-electron chi connectivity index (χ0n) is 22.2. The van der Waals surface area contributed by atoms with Gasteiger partial charge in [-0.1, -0.05) is 54.1 Å². The number of benzene rings is 3. The lowest BCUT2D eigenvalue weighted by atomic mass is 9.96. The molecule has 0 unspecified atom stereocenters. The maximum absolute atomic E-state index is 5.55. The Morgan fingerprint density at radius 1 is 0.811 bits per heavy atom. The molecule has 1 aliphatic rings. The smallest absolute Gasteiger partial charge is 0.137 e. The molecule has 1 aliphatic heterocycles. The monoisotopic (exact) mass is 496 g/mol. The summed E-state index contributed by atoms with van der Waals surface area (Å²) in [4.78, 5) is 13.5. The van der Waals surface area contributed by atoms with E-state index in [1.54, 1.807) is 14.2 Å². The first-order chi connectivity index (χ1) is 18.0. The van der Waals surface area contributed by atoms with E-state index in [4.69, 9.17) is 14.5 Å². The van der Waals surface area contributed by atoms with Crippen LogP contribution in [-0.4, -0.2) is 60.2 Å². The molecule has 37 heavy (non-hydrogen) atoms. The van der Waals surface area contributed by atoms with E-state index in [1.807, 2.05) is 12.1 Å². The molecule has 0 saturated carbocycles.